The Labute approximate surface area is 136 Å². The van der Waals surface area contributed by atoms with Crippen LogP contribution in [0.15, 0.2) is 48.5 Å². The van der Waals surface area contributed by atoms with Gasteiger partial charge in [0.1, 0.15) is 0 Å². The van der Waals surface area contributed by atoms with Gasteiger partial charge in [0.15, 0.2) is 0 Å². The lowest BCUT2D eigenvalue weighted by Gasteiger charge is -2.21. The minimum absolute atomic E-state index is 0.0564. The zero-order valence-corrected chi connectivity index (χ0v) is 13.7. The third-order valence-corrected chi connectivity index (χ3v) is 4.12. The number of rotatable bonds is 7. The summed E-state index contributed by atoms with van der Waals surface area (Å²) < 4.78 is 5.56. The fourth-order valence-corrected chi connectivity index (χ4v) is 2.68. The molecule has 0 aromatic heterocycles. The Kier molecular flexibility index (Phi) is 6.40. The van der Waals surface area contributed by atoms with E-state index in [2.05, 4.69) is 12.2 Å². The van der Waals surface area contributed by atoms with Crippen LogP contribution < -0.4 is 5.32 Å². The molecule has 0 radical (unpaired) electrons. The Balaban J connectivity index is 2.02. The van der Waals surface area contributed by atoms with Crippen LogP contribution >= 0.6 is 11.6 Å². The van der Waals surface area contributed by atoms with Crippen molar-refractivity contribution < 1.29 is 9.84 Å². The normalized spacial score (nSPS) is 13.8. The molecule has 22 heavy (non-hydrogen) atoms. The number of ether oxygens (including phenoxy) is 1. The molecule has 118 valence electrons. The standard InChI is InChI=1S/C18H22ClNO2/c1-13(15-7-5-6-14(10-15)12-21)20-11-18(22-2)16-8-3-4-9-17(16)19/h3-10,13,18,20-21H,11-12H2,1-2H3. The van der Waals surface area contributed by atoms with Crippen molar-refractivity contribution in [1.29, 1.82) is 0 Å². The van der Waals surface area contributed by atoms with Crippen molar-refractivity contribution >= 4 is 11.6 Å². The van der Waals surface area contributed by atoms with Gasteiger partial charge >= 0.3 is 0 Å². The second-order valence-electron chi connectivity index (χ2n) is 5.28. The zero-order valence-electron chi connectivity index (χ0n) is 12.9. The molecule has 0 saturated heterocycles. The maximum absolute atomic E-state index is 9.22. The van der Waals surface area contributed by atoms with Gasteiger partial charge < -0.3 is 15.2 Å². The number of hydrogen-bond donors (Lipinski definition) is 2. The van der Waals surface area contributed by atoms with E-state index in [4.69, 9.17) is 16.3 Å². The molecule has 4 heteroatoms. The smallest absolute Gasteiger partial charge is 0.0959 e. The molecule has 0 fully saturated rings. The Morgan fingerprint density at radius 3 is 2.64 bits per heavy atom. The van der Waals surface area contributed by atoms with E-state index in [1.54, 1.807) is 7.11 Å². The second-order valence-corrected chi connectivity index (χ2v) is 5.69. The SMILES string of the molecule is COC(CNC(C)c1cccc(CO)c1)c1ccccc1Cl. The van der Waals surface area contributed by atoms with E-state index in [-0.39, 0.29) is 18.8 Å². The van der Waals surface area contributed by atoms with E-state index in [0.29, 0.717) is 11.6 Å². The fourth-order valence-electron chi connectivity index (χ4n) is 2.42. The van der Waals surface area contributed by atoms with Crippen LogP contribution in [-0.2, 0) is 11.3 Å². The molecule has 0 bridgehead atoms. The Hall–Kier alpha value is -1.39. The average molecular weight is 320 g/mol. The number of aliphatic hydroxyl groups excluding tert-OH is 1. The molecule has 0 amide bonds. The average Bonchev–Trinajstić information content (AvgIpc) is 2.56. The van der Waals surface area contributed by atoms with Crippen LogP contribution in [-0.4, -0.2) is 18.8 Å². The van der Waals surface area contributed by atoms with Gasteiger partial charge in [0, 0.05) is 30.3 Å². The van der Waals surface area contributed by atoms with E-state index >= 15 is 0 Å². The van der Waals surface area contributed by atoms with E-state index < -0.39 is 0 Å². The summed E-state index contributed by atoms with van der Waals surface area (Å²) in [5.41, 5.74) is 3.04. The van der Waals surface area contributed by atoms with Crippen LogP contribution in [0, 0.1) is 0 Å². The number of halogens is 1. The molecule has 2 aromatic carbocycles. The monoisotopic (exact) mass is 319 g/mol. The van der Waals surface area contributed by atoms with E-state index in [1.807, 2.05) is 48.5 Å². The topological polar surface area (TPSA) is 41.5 Å². The van der Waals surface area contributed by atoms with Crippen LogP contribution in [0.25, 0.3) is 0 Å². The van der Waals surface area contributed by atoms with Crippen molar-refractivity contribution in [2.24, 2.45) is 0 Å². The van der Waals surface area contributed by atoms with Gasteiger partial charge in [-0.15, -0.1) is 0 Å². The number of hydrogen-bond acceptors (Lipinski definition) is 3. The third kappa shape index (κ3) is 4.31. The minimum atomic E-state index is -0.0998. The van der Waals surface area contributed by atoms with Gasteiger partial charge in [-0.2, -0.15) is 0 Å². The summed E-state index contributed by atoms with van der Waals surface area (Å²) in [5, 5.41) is 13.4. The summed E-state index contributed by atoms with van der Waals surface area (Å²) in [6.45, 7) is 2.81. The van der Waals surface area contributed by atoms with Crippen molar-refractivity contribution in [2.75, 3.05) is 13.7 Å². The Morgan fingerprint density at radius 2 is 1.95 bits per heavy atom. The molecule has 0 saturated carbocycles. The summed E-state index contributed by atoms with van der Waals surface area (Å²) in [4.78, 5) is 0. The highest BCUT2D eigenvalue weighted by atomic mass is 35.5. The van der Waals surface area contributed by atoms with Gasteiger partial charge in [0.05, 0.1) is 12.7 Å². The molecule has 0 aliphatic rings. The third-order valence-electron chi connectivity index (χ3n) is 3.78. The predicted octanol–water partition coefficient (Wildman–Crippen LogP) is 3.87. The zero-order chi connectivity index (χ0) is 15.9. The summed E-state index contributed by atoms with van der Waals surface area (Å²) >= 11 is 6.23. The first kappa shape index (κ1) is 17.0. The largest absolute Gasteiger partial charge is 0.392 e. The van der Waals surface area contributed by atoms with Crippen molar-refractivity contribution in [3.05, 3.63) is 70.2 Å². The lowest BCUT2D eigenvalue weighted by atomic mass is 10.0. The quantitative estimate of drug-likeness (QED) is 0.814. The highest BCUT2D eigenvalue weighted by Crippen LogP contribution is 2.25. The molecule has 2 rings (SSSR count). The van der Waals surface area contributed by atoms with Crippen molar-refractivity contribution in [2.45, 2.75) is 25.7 Å². The number of nitrogens with one attached hydrogen (secondary N) is 1. The fraction of sp³-hybridized carbons (Fsp3) is 0.333. The lowest BCUT2D eigenvalue weighted by molar-refractivity contribution is 0.1000. The van der Waals surface area contributed by atoms with Crippen LogP contribution in [0.2, 0.25) is 5.02 Å². The number of methoxy groups -OCH3 is 1. The summed E-state index contributed by atoms with van der Waals surface area (Å²) in [6, 6.07) is 15.8. The molecule has 2 aromatic rings. The lowest BCUT2D eigenvalue weighted by Crippen LogP contribution is -2.26. The molecular formula is C18H22ClNO2. The van der Waals surface area contributed by atoms with Gasteiger partial charge in [0.25, 0.3) is 0 Å². The summed E-state index contributed by atoms with van der Waals surface area (Å²) in [5.74, 6) is 0. The maximum Gasteiger partial charge on any atom is 0.0959 e. The summed E-state index contributed by atoms with van der Waals surface area (Å²) in [7, 11) is 1.69. The molecule has 0 aliphatic heterocycles. The highest BCUT2D eigenvalue weighted by molar-refractivity contribution is 6.31. The molecule has 0 spiro atoms. The van der Waals surface area contributed by atoms with Crippen LogP contribution in [0.1, 0.15) is 35.8 Å². The van der Waals surface area contributed by atoms with Crippen molar-refractivity contribution in [3.63, 3.8) is 0 Å². The molecule has 3 nitrogen and oxygen atoms in total. The van der Waals surface area contributed by atoms with Crippen LogP contribution in [0.5, 0.6) is 0 Å². The van der Waals surface area contributed by atoms with E-state index in [0.717, 1.165) is 16.7 Å². The first-order valence-electron chi connectivity index (χ1n) is 7.36. The first-order chi connectivity index (χ1) is 10.7. The van der Waals surface area contributed by atoms with Crippen LogP contribution in [0.4, 0.5) is 0 Å². The van der Waals surface area contributed by atoms with Gasteiger partial charge in [-0.05, 0) is 24.1 Å². The molecule has 0 heterocycles. The highest BCUT2D eigenvalue weighted by Gasteiger charge is 2.15. The molecule has 2 N–H and O–H groups in total. The first-order valence-corrected chi connectivity index (χ1v) is 7.73. The minimum Gasteiger partial charge on any atom is -0.392 e. The molecule has 2 atom stereocenters. The second kappa shape index (κ2) is 8.30. The van der Waals surface area contributed by atoms with Gasteiger partial charge in [-0.1, -0.05) is 54.1 Å². The van der Waals surface area contributed by atoms with Gasteiger partial charge in [0.2, 0.25) is 0 Å². The molecular weight excluding hydrogens is 298 g/mol. The number of aliphatic hydroxyl groups is 1. The maximum atomic E-state index is 9.22. The molecule has 0 aliphatic carbocycles. The van der Waals surface area contributed by atoms with E-state index in [9.17, 15) is 5.11 Å². The van der Waals surface area contributed by atoms with E-state index in [1.165, 1.54) is 0 Å². The Bertz CT molecular complexity index is 603. The number of benzene rings is 2. The summed E-state index contributed by atoms with van der Waals surface area (Å²) in [6.07, 6.45) is -0.0998. The van der Waals surface area contributed by atoms with Gasteiger partial charge in [-0.3, -0.25) is 0 Å². The molecule has 2 unspecified atom stereocenters. The van der Waals surface area contributed by atoms with Gasteiger partial charge in [-0.25, -0.2) is 0 Å². The predicted molar refractivity (Wildman–Crippen MR) is 90.0 cm³/mol. The van der Waals surface area contributed by atoms with Crippen molar-refractivity contribution in [3.8, 4) is 0 Å². The van der Waals surface area contributed by atoms with Crippen molar-refractivity contribution in [1.82, 2.24) is 5.32 Å². The van der Waals surface area contributed by atoms with Crippen LogP contribution in [0.3, 0.4) is 0 Å². The Morgan fingerprint density at radius 1 is 1.18 bits per heavy atom.